The molecule has 0 amide bonds. The molecule has 1 aromatic carbocycles. The molecule has 1 atom stereocenters. The maximum Gasteiger partial charge on any atom is 0.269 e. The van der Waals surface area contributed by atoms with Crippen molar-refractivity contribution in [3.63, 3.8) is 0 Å². The first-order chi connectivity index (χ1) is 11.0. The predicted octanol–water partition coefficient (Wildman–Crippen LogP) is 2.31. The number of benzene rings is 1. The molecule has 8 nitrogen and oxygen atoms in total. The average molecular weight is 337 g/mol. The van der Waals surface area contributed by atoms with E-state index in [-0.39, 0.29) is 17.0 Å². The van der Waals surface area contributed by atoms with E-state index in [1.165, 1.54) is 18.3 Å². The van der Waals surface area contributed by atoms with Gasteiger partial charge in [0.1, 0.15) is 19.0 Å². The fraction of sp³-hybridized carbons (Fsp3) is 0.286. The van der Waals surface area contributed by atoms with Gasteiger partial charge in [-0.2, -0.15) is 4.98 Å². The SMILES string of the molecule is CN1c2nc(Cl)ncc2OC[C@@H]1COc1ccc([N+](=O)[O-])cc1. The van der Waals surface area contributed by atoms with Gasteiger partial charge < -0.3 is 14.4 Å². The van der Waals surface area contributed by atoms with Crippen molar-refractivity contribution in [3.05, 3.63) is 45.9 Å². The van der Waals surface area contributed by atoms with Crippen LogP contribution in [0.4, 0.5) is 11.5 Å². The van der Waals surface area contributed by atoms with Crippen LogP contribution in [0.3, 0.4) is 0 Å². The van der Waals surface area contributed by atoms with Gasteiger partial charge in [0.05, 0.1) is 17.2 Å². The zero-order valence-corrected chi connectivity index (χ0v) is 12.9. The smallest absolute Gasteiger partial charge is 0.269 e. The normalized spacial score (nSPS) is 16.4. The molecule has 1 aliphatic rings. The third-order valence-electron chi connectivity index (χ3n) is 3.51. The van der Waals surface area contributed by atoms with Crippen molar-refractivity contribution in [2.24, 2.45) is 0 Å². The summed E-state index contributed by atoms with van der Waals surface area (Å²) in [6, 6.07) is 5.87. The summed E-state index contributed by atoms with van der Waals surface area (Å²) >= 11 is 5.81. The zero-order chi connectivity index (χ0) is 16.4. The summed E-state index contributed by atoms with van der Waals surface area (Å²) in [5.74, 6) is 1.73. The molecule has 0 fully saturated rings. The molecule has 0 saturated carbocycles. The summed E-state index contributed by atoms with van der Waals surface area (Å²) in [5, 5.41) is 10.8. The molecule has 9 heteroatoms. The summed E-state index contributed by atoms with van der Waals surface area (Å²) in [4.78, 5) is 20.1. The van der Waals surface area contributed by atoms with Crippen molar-refractivity contribution >= 4 is 23.1 Å². The Kier molecular flexibility index (Phi) is 4.16. The van der Waals surface area contributed by atoms with Gasteiger partial charge in [-0.15, -0.1) is 0 Å². The van der Waals surface area contributed by atoms with Crippen LogP contribution in [-0.2, 0) is 0 Å². The lowest BCUT2D eigenvalue weighted by molar-refractivity contribution is -0.384. The lowest BCUT2D eigenvalue weighted by Crippen LogP contribution is -2.44. The minimum Gasteiger partial charge on any atom is -0.491 e. The zero-order valence-electron chi connectivity index (χ0n) is 12.2. The van der Waals surface area contributed by atoms with Gasteiger partial charge in [-0.3, -0.25) is 10.1 Å². The van der Waals surface area contributed by atoms with Crippen molar-refractivity contribution in [1.29, 1.82) is 0 Å². The van der Waals surface area contributed by atoms with E-state index in [0.717, 1.165) is 0 Å². The Labute approximate surface area is 136 Å². The summed E-state index contributed by atoms with van der Waals surface area (Å²) in [6.07, 6.45) is 1.54. The van der Waals surface area contributed by atoms with Crippen LogP contribution in [0.1, 0.15) is 0 Å². The summed E-state index contributed by atoms with van der Waals surface area (Å²) in [7, 11) is 1.87. The van der Waals surface area contributed by atoms with Crippen LogP contribution in [-0.4, -0.2) is 41.2 Å². The molecule has 0 bridgehead atoms. The van der Waals surface area contributed by atoms with Crippen LogP contribution >= 0.6 is 11.6 Å². The number of nitro benzene ring substituents is 1. The standard InChI is InChI=1S/C14H13ClN4O4/c1-18-10(8-23-12-6-16-14(15)17-13(12)18)7-22-11-4-2-9(3-5-11)19(20)21/h2-6,10H,7-8H2,1H3/t10-/m0/s1. The Morgan fingerprint density at radius 1 is 1.48 bits per heavy atom. The number of rotatable bonds is 4. The van der Waals surface area contributed by atoms with Gasteiger partial charge in [0.2, 0.25) is 5.28 Å². The number of ether oxygens (including phenoxy) is 2. The molecule has 23 heavy (non-hydrogen) atoms. The predicted molar refractivity (Wildman–Crippen MR) is 83.3 cm³/mol. The highest BCUT2D eigenvalue weighted by Crippen LogP contribution is 2.31. The van der Waals surface area contributed by atoms with Crippen LogP contribution in [0.2, 0.25) is 5.28 Å². The Balaban J connectivity index is 1.66. The topological polar surface area (TPSA) is 90.6 Å². The highest BCUT2D eigenvalue weighted by atomic mass is 35.5. The molecule has 0 spiro atoms. The second kappa shape index (κ2) is 6.25. The van der Waals surface area contributed by atoms with Crippen molar-refractivity contribution in [1.82, 2.24) is 9.97 Å². The second-order valence-electron chi connectivity index (χ2n) is 4.96. The Bertz CT molecular complexity index is 725. The number of nitrogens with zero attached hydrogens (tertiary/aromatic N) is 4. The first kappa shape index (κ1) is 15.3. The van der Waals surface area contributed by atoms with Gasteiger partial charge >= 0.3 is 0 Å². The molecule has 120 valence electrons. The van der Waals surface area contributed by atoms with Gasteiger partial charge in [-0.1, -0.05) is 0 Å². The van der Waals surface area contributed by atoms with E-state index in [4.69, 9.17) is 21.1 Å². The van der Waals surface area contributed by atoms with Gasteiger partial charge in [-0.05, 0) is 23.7 Å². The fourth-order valence-electron chi connectivity index (χ4n) is 2.18. The van der Waals surface area contributed by atoms with Crippen LogP contribution in [0.5, 0.6) is 11.5 Å². The Morgan fingerprint density at radius 2 is 2.22 bits per heavy atom. The van der Waals surface area contributed by atoms with Crippen LogP contribution in [0, 0.1) is 10.1 Å². The molecule has 0 aliphatic carbocycles. The van der Waals surface area contributed by atoms with E-state index in [1.807, 2.05) is 11.9 Å². The summed E-state index contributed by atoms with van der Waals surface area (Å²) in [6.45, 7) is 0.761. The molecule has 1 aliphatic heterocycles. The maximum absolute atomic E-state index is 10.6. The van der Waals surface area contributed by atoms with Crippen molar-refractivity contribution in [2.45, 2.75) is 6.04 Å². The number of likely N-dealkylation sites (N-methyl/N-ethyl adjacent to an activating group) is 1. The number of non-ortho nitro benzene ring substituents is 1. The molecule has 0 radical (unpaired) electrons. The van der Waals surface area contributed by atoms with E-state index in [0.29, 0.717) is 30.5 Å². The van der Waals surface area contributed by atoms with E-state index < -0.39 is 4.92 Å². The van der Waals surface area contributed by atoms with Crippen LogP contribution in [0.25, 0.3) is 0 Å². The van der Waals surface area contributed by atoms with Gasteiger partial charge in [0, 0.05) is 19.2 Å². The number of nitro groups is 1. The lowest BCUT2D eigenvalue weighted by atomic mass is 10.2. The Hall–Kier alpha value is -2.61. The maximum atomic E-state index is 10.6. The average Bonchev–Trinajstić information content (AvgIpc) is 2.55. The molecule has 0 N–H and O–H groups in total. The number of hydrogen-bond acceptors (Lipinski definition) is 7. The highest BCUT2D eigenvalue weighted by molar-refractivity contribution is 6.28. The highest BCUT2D eigenvalue weighted by Gasteiger charge is 2.27. The van der Waals surface area contributed by atoms with Crippen molar-refractivity contribution in [3.8, 4) is 11.5 Å². The minimum absolute atomic E-state index is 0.0238. The largest absolute Gasteiger partial charge is 0.491 e. The van der Waals surface area contributed by atoms with Crippen LogP contribution < -0.4 is 14.4 Å². The molecule has 3 rings (SSSR count). The first-order valence-corrected chi connectivity index (χ1v) is 7.18. The first-order valence-electron chi connectivity index (χ1n) is 6.80. The Morgan fingerprint density at radius 3 is 2.91 bits per heavy atom. The van der Waals surface area contributed by atoms with E-state index in [9.17, 15) is 10.1 Å². The molecule has 0 unspecified atom stereocenters. The second-order valence-corrected chi connectivity index (χ2v) is 5.30. The van der Waals surface area contributed by atoms with E-state index in [2.05, 4.69) is 9.97 Å². The molecular weight excluding hydrogens is 324 g/mol. The summed E-state index contributed by atoms with van der Waals surface area (Å²) in [5.41, 5.74) is 0.0238. The monoisotopic (exact) mass is 336 g/mol. The number of hydrogen-bond donors (Lipinski definition) is 0. The van der Waals surface area contributed by atoms with Crippen LogP contribution in [0.15, 0.2) is 30.5 Å². The molecule has 2 heterocycles. The third-order valence-corrected chi connectivity index (χ3v) is 3.69. The number of anilines is 1. The number of halogens is 1. The quantitative estimate of drug-likeness (QED) is 0.480. The molecule has 2 aromatic rings. The lowest BCUT2D eigenvalue weighted by Gasteiger charge is -2.34. The minimum atomic E-state index is -0.451. The number of fused-ring (bicyclic) bond motifs is 1. The van der Waals surface area contributed by atoms with E-state index in [1.54, 1.807) is 12.1 Å². The summed E-state index contributed by atoms with van der Waals surface area (Å²) < 4.78 is 11.3. The van der Waals surface area contributed by atoms with Gasteiger partial charge in [0.25, 0.3) is 5.69 Å². The third kappa shape index (κ3) is 3.26. The van der Waals surface area contributed by atoms with Crippen molar-refractivity contribution in [2.75, 3.05) is 25.2 Å². The van der Waals surface area contributed by atoms with Gasteiger partial charge in [0.15, 0.2) is 11.6 Å². The van der Waals surface area contributed by atoms with E-state index >= 15 is 0 Å². The fourth-order valence-corrected chi connectivity index (χ4v) is 2.31. The van der Waals surface area contributed by atoms with Gasteiger partial charge in [-0.25, -0.2) is 4.98 Å². The molecule has 0 saturated heterocycles. The number of aromatic nitrogens is 2. The molecule has 1 aromatic heterocycles. The van der Waals surface area contributed by atoms with Crippen molar-refractivity contribution < 1.29 is 14.4 Å². The molecular formula is C14H13ClN4O4.